The Bertz CT molecular complexity index is 1260. The molecule has 1 amide bonds. The minimum Gasteiger partial charge on any atom is -0.474 e. The summed E-state index contributed by atoms with van der Waals surface area (Å²) < 4.78 is 13.7. The molecule has 7 heteroatoms. The fraction of sp³-hybridized carbons (Fsp3) is 0.400. The predicted molar refractivity (Wildman–Crippen MR) is 119 cm³/mol. The van der Waals surface area contributed by atoms with Gasteiger partial charge in [-0.1, -0.05) is 24.3 Å². The van der Waals surface area contributed by atoms with Crippen molar-refractivity contribution in [1.29, 1.82) is 0 Å². The molecular weight excluding hydrogens is 406 g/mol. The second kappa shape index (κ2) is 7.45. The number of aromatic nitrogens is 2. The van der Waals surface area contributed by atoms with E-state index in [0.717, 1.165) is 19.3 Å². The zero-order valence-corrected chi connectivity index (χ0v) is 18.0. The highest BCUT2D eigenvalue weighted by Gasteiger charge is 2.42. The molecule has 7 nitrogen and oxygen atoms in total. The number of likely N-dealkylation sites (tertiary alicyclic amines) is 1. The zero-order chi connectivity index (χ0) is 21.8. The predicted octanol–water partition coefficient (Wildman–Crippen LogP) is 2.58. The molecule has 1 aliphatic carbocycles. The molecule has 2 atom stereocenters. The molecule has 3 aliphatic rings. The summed E-state index contributed by atoms with van der Waals surface area (Å²) in [7, 11) is 0. The Balaban J connectivity index is 1.34. The van der Waals surface area contributed by atoms with E-state index in [1.165, 1.54) is 11.1 Å². The van der Waals surface area contributed by atoms with Gasteiger partial charge in [0.25, 0.3) is 5.91 Å². The molecule has 2 fully saturated rings. The van der Waals surface area contributed by atoms with Crippen LogP contribution in [0.25, 0.3) is 11.0 Å². The van der Waals surface area contributed by atoms with Crippen LogP contribution < -0.4 is 10.2 Å². The summed E-state index contributed by atoms with van der Waals surface area (Å²) in [6.45, 7) is 3.72. The summed E-state index contributed by atoms with van der Waals surface area (Å²) in [4.78, 5) is 33.0. The molecule has 0 unspecified atom stereocenters. The summed E-state index contributed by atoms with van der Waals surface area (Å²) in [5.41, 5.74) is 3.42. The largest absolute Gasteiger partial charge is 0.474 e. The molecule has 2 aromatic heterocycles. The third-order valence-electron chi connectivity index (χ3n) is 6.94. The Labute approximate surface area is 185 Å². The van der Waals surface area contributed by atoms with E-state index in [0.29, 0.717) is 31.1 Å². The first kappa shape index (κ1) is 19.5. The number of fused-ring (bicyclic) bond motifs is 4. The zero-order valence-electron chi connectivity index (χ0n) is 18.0. The Hall–Kier alpha value is -3.19. The smallest absolute Gasteiger partial charge is 0.259 e. The van der Waals surface area contributed by atoms with Gasteiger partial charge in [0, 0.05) is 38.2 Å². The summed E-state index contributed by atoms with van der Waals surface area (Å²) in [6, 6.07) is 12.1. The van der Waals surface area contributed by atoms with E-state index in [-0.39, 0.29) is 40.7 Å². The van der Waals surface area contributed by atoms with Crippen molar-refractivity contribution < 1.29 is 14.3 Å². The van der Waals surface area contributed by atoms with Gasteiger partial charge in [0.1, 0.15) is 17.2 Å². The highest BCUT2D eigenvalue weighted by atomic mass is 16.5. The van der Waals surface area contributed by atoms with Gasteiger partial charge < -0.3 is 18.9 Å². The number of hydrogen-bond donors (Lipinski definition) is 0. The van der Waals surface area contributed by atoms with E-state index in [9.17, 15) is 9.59 Å². The number of rotatable bonds is 4. The Morgan fingerprint density at radius 3 is 2.62 bits per heavy atom. The SMILES string of the molecule is CCn1cc(C(=O)N2C[C@@H]3C[C@H]2CO3)c(=O)c2nc(OC3Cc4ccccc4C3)ccc21. The summed E-state index contributed by atoms with van der Waals surface area (Å²) >= 11 is 0. The number of pyridine rings is 2. The second-order valence-electron chi connectivity index (χ2n) is 8.89. The van der Waals surface area contributed by atoms with Gasteiger partial charge >= 0.3 is 0 Å². The van der Waals surface area contributed by atoms with E-state index < -0.39 is 0 Å². The van der Waals surface area contributed by atoms with Crippen molar-refractivity contribution in [3.8, 4) is 5.88 Å². The first-order valence-corrected chi connectivity index (χ1v) is 11.3. The van der Waals surface area contributed by atoms with Gasteiger partial charge in [0.05, 0.1) is 24.3 Å². The van der Waals surface area contributed by atoms with Gasteiger partial charge in [0.15, 0.2) is 0 Å². The molecule has 2 saturated heterocycles. The van der Waals surface area contributed by atoms with Crippen LogP contribution in [0.3, 0.4) is 0 Å². The van der Waals surface area contributed by atoms with E-state index in [2.05, 4.69) is 17.1 Å². The Morgan fingerprint density at radius 1 is 1.19 bits per heavy atom. The molecule has 32 heavy (non-hydrogen) atoms. The van der Waals surface area contributed by atoms with Crippen LogP contribution in [-0.2, 0) is 24.1 Å². The second-order valence-corrected chi connectivity index (χ2v) is 8.89. The van der Waals surface area contributed by atoms with Crippen molar-refractivity contribution in [2.45, 2.75) is 51.0 Å². The van der Waals surface area contributed by atoms with Gasteiger partial charge in [-0.15, -0.1) is 0 Å². The maximum atomic E-state index is 13.4. The van der Waals surface area contributed by atoms with Crippen LogP contribution in [0.2, 0.25) is 0 Å². The van der Waals surface area contributed by atoms with Crippen molar-refractivity contribution in [2.75, 3.05) is 13.2 Å². The van der Waals surface area contributed by atoms with Crippen LogP contribution in [0.4, 0.5) is 0 Å². The lowest BCUT2D eigenvalue weighted by atomic mass is 10.1. The van der Waals surface area contributed by atoms with E-state index in [1.54, 1.807) is 11.1 Å². The Morgan fingerprint density at radius 2 is 1.97 bits per heavy atom. The normalized spacial score (nSPS) is 22.0. The molecule has 2 bridgehead atoms. The third kappa shape index (κ3) is 3.11. The first-order valence-electron chi connectivity index (χ1n) is 11.3. The average Bonchev–Trinajstić information content (AvgIpc) is 3.54. The molecule has 0 N–H and O–H groups in total. The van der Waals surface area contributed by atoms with Crippen molar-refractivity contribution in [1.82, 2.24) is 14.5 Å². The maximum Gasteiger partial charge on any atom is 0.259 e. The summed E-state index contributed by atoms with van der Waals surface area (Å²) in [5.74, 6) is 0.197. The third-order valence-corrected chi connectivity index (χ3v) is 6.94. The maximum absolute atomic E-state index is 13.4. The standard InChI is InChI=1S/C25H25N3O4/c1-2-27-13-20(25(30)28-12-19-11-17(28)14-31-19)24(29)23-21(27)7-8-22(26-23)32-18-9-15-5-3-4-6-16(15)10-18/h3-8,13,17-19H,2,9-12,14H2,1H3/t17-,19-/m0/s1. The average molecular weight is 431 g/mol. The number of morpholine rings is 1. The number of nitrogens with zero attached hydrogens (tertiary/aromatic N) is 3. The number of ether oxygens (including phenoxy) is 2. The minimum absolute atomic E-state index is 0.00397. The van der Waals surface area contributed by atoms with Gasteiger partial charge in [-0.05, 0) is 30.5 Å². The lowest BCUT2D eigenvalue weighted by Gasteiger charge is -2.27. The van der Waals surface area contributed by atoms with Crippen LogP contribution >= 0.6 is 0 Å². The number of aryl methyl sites for hydroxylation is 1. The van der Waals surface area contributed by atoms with Gasteiger partial charge in [-0.2, -0.15) is 0 Å². The number of carbonyl (C=O) groups is 1. The molecule has 2 aliphatic heterocycles. The monoisotopic (exact) mass is 431 g/mol. The molecule has 3 aromatic rings. The highest BCUT2D eigenvalue weighted by Crippen LogP contribution is 2.29. The van der Waals surface area contributed by atoms with E-state index >= 15 is 0 Å². The van der Waals surface area contributed by atoms with Gasteiger partial charge in [0.2, 0.25) is 11.3 Å². The van der Waals surface area contributed by atoms with Crippen molar-refractivity contribution in [3.05, 3.63) is 69.5 Å². The molecule has 1 aromatic carbocycles. The summed E-state index contributed by atoms with van der Waals surface area (Å²) in [6.07, 6.45) is 4.26. The van der Waals surface area contributed by atoms with E-state index in [1.807, 2.05) is 35.8 Å². The minimum atomic E-state index is -0.335. The molecule has 4 heterocycles. The fourth-order valence-electron chi connectivity index (χ4n) is 5.30. The molecule has 0 spiro atoms. The number of amides is 1. The van der Waals surface area contributed by atoms with Crippen molar-refractivity contribution in [2.24, 2.45) is 0 Å². The van der Waals surface area contributed by atoms with Crippen molar-refractivity contribution >= 4 is 16.9 Å². The summed E-state index contributed by atoms with van der Waals surface area (Å²) in [5, 5.41) is 0. The first-order chi connectivity index (χ1) is 15.6. The molecule has 0 saturated carbocycles. The van der Waals surface area contributed by atoms with Gasteiger partial charge in [-0.25, -0.2) is 4.98 Å². The van der Waals surface area contributed by atoms with Crippen LogP contribution in [0, 0.1) is 0 Å². The quantitative estimate of drug-likeness (QED) is 0.635. The van der Waals surface area contributed by atoms with E-state index in [4.69, 9.17) is 9.47 Å². The fourth-order valence-corrected chi connectivity index (χ4v) is 5.30. The molecule has 0 radical (unpaired) electrons. The number of hydrogen-bond acceptors (Lipinski definition) is 5. The molecule has 6 rings (SSSR count). The van der Waals surface area contributed by atoms with Crippen molar-refractivity contribution in [3.63, 3.8) is 0 Å². The van der Waals surface area contributed by atoms with Crippen LogP contribution in [0.15, 0.2) is 47.4 Å². The van der Waals surface area contributed by atoms with Crippen LogP contribution in [0.5, 0.6) is 5.88 Å². The topological polar surface area (TPSA) is 73.7 Å². The number of carbonyl (C=O) groups excluding carboxylic acids is 1. The lowest BCUT2D eigenvalue weighted by Crippen LogP contribution is -2.43. The lowest BCUT2D eigenvalue weighted by molar-refractivity contribution is 0.0258. The molecule has 164 valence electrons. The van der Waals surface area contributed by atoms with Crippen LogP contribution in [-0.4, -0.2) is 51.8 Å². The van der Waals surface area contributed by atoms with Crippen LogP contribution in [0.1, 0.15) is 34.8 Å². The van der Waals surface area contributed by atoms with Gasteiger partial charge in [-0.3, -0.25) is 9.59 Å². The molecular formula is C25H25N3O4. The number of benzene rings is 1. The Kier molecular flexibility index (Phi) is 4.54. The highest BCUT2D eigenvalue weighted by molar-refractivity contribution is 5.97.